The van der Waals surface area contributed by atoms with Gasteiger partial charge in [0.1, 0.15) is 0 Å². The normalized spacial score (nSPS) is 12.5. The Morgan fingerprint density at radius 2 is 2.00 bits per heavy atom. The van der Waals surface area contributed by atoms with Gasteiger partial charge in [-0.3, -0.25) is 0 Å². The molecule has 0 spiro atoms. The van der Waals surface area contributed by atoms with Gasteiger partial charge >= 0.3 is 0 Å². The predicted octanol–water partition coefficient (Wildman–Crippen LogP) is 4.04. The van der Waals surface area contributed by atoms with Crippen LogP contribution in [0, 0.1) is 6.92 Å². The van der Waals surface area contributed by atoms with Crippen molar-refractivity contribution in [2.45, 2.75) is 32.7 Å². The van der Waals surface area contributed by atoms with Crippen LogP contribution in [0.1, 0.15) is 34.5 Å². The maximum Gasteiger partial charge on any atom is 0.0833 e. The second-order valence-corrected chi connectivity index (χ2v) is 6.41. The van der Waals surface area contributed by atoms with E-state index in [1.54, 1.807) is 0 Å². The number of hydrogen-bond donors (Lipinski definition) is 0. The van der Waals surface area contributed by atoms with Gasteiger partial charge < -0.3 is 0 Å². The molecule has 1 unspecified atom stereocenters. The van der Waals surface area contributed by atoms with Gasteiger partial charge in [0, 0.05) is 17.5 Å². The van der Waals surface area contributed by atoms with Crippen molar-refractivity contribution in [3.8, 4) is 0 Å². The van der Waals surface area contributed by atoms with E-state index in [9.17, 15) is 0 Å². The third-order valence-corrected chi connectivity index (χ3v) is 4.89. The SMILES string of the molecule is Cc1ccsc1C(C)Cc1cn(Cc2ccccc2)nn1. The Hall–Kier alpha value is -1.94. The van der Waals surface area contributed by atoms with Crippen molar-refractivity contribution in [3.05, 3.63) is 69.7 Å². The molecular weight excluding hydrogens is 278 g/mol. The standard InChI is InChI=1S/C17H19N3S/c1-13-8-9-21-17(13)14(2)10-16-12-20(19-18-16)11-15-6-4-3-5-7-15/h3-9,12,14H,10-11H2,1-2H3. The fraction of sp³-hybridized carbons (Fsp3) is 0.294. The quantitative estimate of drug-likeness (QED) is 0.711. The van der Waals surface area contributed by atoms with Crippen molar-refractivity contribution < 1.29 is 0 Å². The molecule has 0 fully saturated rings. The van der Waals surface area contributed by atoms with E-state index in [1.807, 2.05) is 22.1 Å². The smallest absolute Gasteiger partial charge is 0.0833 e. The minimum Gasteiger partial charge on any atom is -0.248 e. The molecule has 0 saturated heterocycles. The van der Waals surface area contributed by atoms with Crippen molar-refractivity contribution in [1.82, 2.24) is 15.0 Å². The van der Waals surface area contributed by atoms with Crippen LogP contribution in [0.4, 0.5) is 0 Å². The number of benzene rings is 1. The second kappa shape index (κ2) is 6.22. The Labute approximate surface area is 129 Å². The predicted molar refractivity (Wildman–Crippen MR) is 86.7 cm³/mol. The minimum atomic E-state index is 0.492. The van der Waals surface area contributed by atoms with Crippen LogP contribution in [0.5, 0.6) is 0 Å². The summed E-state index contributed by atoms with van der Waals surface area (Å²) in [5.41, 5.74) is 3.69. The summed E-state index contributed by atoms with van der Waals surface area (Å²) >= 11 is 1.83. The van der Waals surface area contributed by atoms with Gasteiger partial charge in [0.2, 0.25) is 0 Å². The van der Waals surface area contributed by atoms with Crippen molar-refractivity contribution in [1.29, 1.82) is 0 Å². The highest BCUT2D eigenvalue weighted by Gasteiger charge is 2.13. The fourth-order valence-corrected chi connectivity index (χ4v) is 3.56. The maximum absolute atomic E-state index is 4.31. The molecule has 2 aromatic heterocycles. The molecule has 0 aliphatic heterocycles. The van der Waals surface area contributed by atoms with Crippen molar-refractivity contribution in [3.63, 3.8) is 0 Å². The Bertz CT molecular complexity index is 700. The molecule has 0 N–H and O–H groups in total. The maximum atomic E-state index is 4.31. The van der Waals surface area contributed by atoms with E-state index in [0.29, 0.717) is 5.92 Å². The molecular formula is C17H19N3S. The number of thiophene rings is 1. The van der Waals surface area contributed by atoms with E-state index in [1.165, 1.54) is 16.0 Å². The Kier molecular flexibility index (Phi) is 4.15. The van der Waals surface area contributed by atoms with Gasteiger partial charge in [0.05, 0.1) is 12.2 Å². The number of nitrogens with zero attached hydrogens (tertiary/aromatic N) is 3. The van der Waals surface area contributed by atoms with Crippen LogP contribution >= 0.6 is 11.3 Å². The summed E-state index contributed by atoms with van der Waals surface area (Å²) in [7, 11) is 0. The lowest BCUT2D eigenvalue weighted by atomic mass is 10.0. The van der Waals surface area contributed by atoms with Gasteiger partial charge in [0.15, 0.2) is 0 Å². The lowest BCUT2D eigenvalue weighted by Crippen LogP contribution is -2.00. The first kappa shape index (κ1) is 14.0. The Morgan fingerprint density at radius 3 is 2.71 bits per heavy atom. The van der Waals surface area contributed by atoms with Crippen molar-refractivity contribution >= 4 is 11.3 Å². The molecule has 2 heterocycles. The van der Waals surface area contributed by atoms with Gasteiger partial charge in [-0.2, -0.15) is 0 Å². The first-order chi connectivity index (χ1) is 10.2. The summed E-state index contributed by atoms with van der Waals surface area (Å²) < 4.78 is 1.92. The van der Waals surface area contributed by atoms with Crippen LogP contribution in [-0.4, -0.2) is 15.0 Å². The number of rotatable bonds is 5. The zero-order chi connectivity index (χ0) is 14.7. The molecule has 3 aromatic rings. The van der Waals surface area contributed by atoms with Crippen LogP contribution in [-0.2, 0) is 13.0 Å². The third kappa shape index (κ3) is 3.39. The highest BCUT2D eigenvalue weighted by Crippen LogP contribution is 2.27. The Balaban J connectivity index is 1.67. The van der Waals surface area contributed by atoms with Gasteiger partial charge in [-0.1, -0.05) is 42.5 Å². The lowest BCUT2D eigenvalue weighted by molar-refractivity contribution is 0.648. The molecule has 0 aliphatic carbocycles. The van der Waals surface area contributed by atoms with Gasteiger partial charge in [-0.05, 0) is 35.4 Å². The molecule has 0 radical (unpaired) electrons. The first-order valence-corrected chi connectivity index (χ1v) is 8.07. The topological polar surface area (TPSA) is 30.7 Å². The summed E-state index contributed by atoms with van der Waals surface area (Å²) in [5.74, 6) is 0.492. The van der Waals surface area contributed by atoms with E-state index in [0.717, 1.165) is 18.7 Å². The summed E-state index contributed by atoms with van der Waals surface area (Å²) in [6.45, 7) is 5.21. The summed E-state index contributed by atoms with van der Waals surface area (Å²) in [6.07, 6.45) is 3.00. The van der Waals surface area contributed by atoms with Crippen molar-refractivity contribution in [2.75, 3.05) is 0 Å². The summed E-state index contributed by atoms with van der Waals surface area (Å²) in [6, 6.07) is 12.5. The van der Waals surface area contributed by atoms with E-state index in [2.05, 4.69) is 66.1 Å². The third-order valence-electron chi connectivity index (χ3n) is 3.64. The first-order valence-electron chi connectivity index (χ1n) is 7.19. The van der Waals surface area contributed by atoms with Gasteiger partial charge in [-0.25, -0.2) is 4.68 Å². The molecule has 108 valence electrons. The lowest BCUT2D eigenvalue weighted by Gasteiger charge is -2.08. The zero-order valence-electron chi connectivity index (χ0n) is 12.4. The van der Waals surface area contributed by atoms with Gasteiger partial charge in [0.25, 0.3) is 0 Å². The largest absolute Gasteiger partial charge is 0.248 e. The Morgan fingerprint density at radius 1 is 1.19 bits per heavy atom. The minimum absolute atomic E-state index is 0.492. The van der Waals surface area contributed by atoms with Crippen LogP contribution in [0.2, 0.25) is 0 Å². The van der Waals surface area contributed by atoms with E-state index in [-0.39, 0.29) is 0 Å². The number of aryl methyl sites for hydroxylation is 1. The van der Waals surface area contributed by atoms with Crippen LogP contribution in [0.25, 0.3) is 0 Å². The highest BCUT2D eigenvalue weighted by atomic mass is 32.1. The number of aromatic nitrogens is 3. The monoisotopic (exact) mass is 297 g/mol. The van der Waals surface area contributed by atoms with Crippen LogP contribution in [0.3, 0.4) is 0 Å². The highest BCUT2D eigenvalue weighted by molar-refractivity contribution is 7.10. The molecule has 0 saturated carbocycles. The van der Waals surface area contributed by atoms with Gasteiger partial charge in [-0.15, -0.1) is 16.4 Å². The molecule has 4 heteroatoms. The molecule has 1 aromatic carbocycles. The molecule has 0 amide bonds. The second-order valence-electron chi connectivity index (χ2n) is 5.47. The number of hydrogen-bond acceptors (Lipinski definition) is 3. The fourth-order valence-electron chi connectivity index (χ4n) is 2.58. The van der Waals surface area contributed by atoms with Crippen LogP contribution < -0.4 is 0 Å². The average molecular weight is 297 g/mol. The van der Waals surface area contributed by atoms with E-state index < -0.39 is 0 Å². The summed E-state index contributed by atoms with van der Waals surface area (Å²) in [5, 5.41) is 10.7. The summed E-state index contributed by atoms with van der Waals surface area (Å²) in [4.78, 5) is 1.45. The van der Waals surface area contributed by atoms with E-state index in [4.69, 9.17) is 0 Å². The molecule has 3 rings (SSSR count). The molecule has 0 aliphatic rings. The molecule has 1 atom stereocenters. The molecule has 21 heavy (non-hydrogen) atoms. The van der Waals surface area contributed by atoms with Crippen molar-refractivity contribution in [2.24, 2.45) is 0 Å². The molecule has 3 nitrogen and oxygen atoms in total. The zero-order valence-corrected chi connectivity index (χ0v) is 13.2. The average Bonchev–Trinajstić information content (AvgIpc) is 3.09. The molecule has 0 bridgehead atoms. The van der Waals surface area contributed by atoms with Crippen LogP contribution in [0.15, 0.2) is 48.0 Å². The van der Waals surface area contributed by atoms with E-state index >= 15 is 0 Å².